The number of carbonyl (C=O) groups excluding carboxylic acids is 2. The van der Waals surface area contributed by atoms with Gasteiger partial charge in [-0.1, -0.05) is 48.0 Å². The van der Waals surface area contributed by atoms with Crippen LogP contribution in [0.25, 0.3) is 0 Å². The molecule has 1 N–H and O–H groups in total. The van der Waals surface area contributed by atoms with Crippen LogP contribution in [-0.2, 0) is 4.79 Å². The first-order chi connectivity index (χ1) is 13.0. The lowest BCUT2D eigenvalue weighted by molar-refractivity contribution is -0.122. The minimum atomic E-state index is -0.665. The molecule has 0 aliphatic heterocycles. The number of nitrogens with one attached hydrogen (secondary N) is 1. The fraction of sp³-hybridized carbons (Fsp3) is 0.130. The van der Waals surface area contributed by atoms with Crippen LogP contribution in [0.3, 0.4) is 0 Å². The molecule has 3 aromatic rings. The van der Waals surface area contributed by atoms with Crippen molar-refractivity contribution in [2.45, 2.75) is 20.0 Å². The molecule has 3 aromatic carbocycles. The molecular formula is C23H21NO3. The van der Waals surface area contributed by atoms with E-state index in [1.165, 1.54) is 0 Å². The van der Waals surface area contributed by atoms with Gasteiger partial charge in [0.15, 0.2) is 11.9 Å². The molecule has 0 saturated heterocycles. The van der Waals surface area contributed by atoms with E-state index in [0.29, 0.717) is 16.9 Å². The van der Waals surface area contributed by atoms with Gasteiger partial charge in [0.2, 0.25) is 0 Å². The number of hydrogen-bond acceptors (Lipinski definition) is 3. The standard InChI is InChI=1S/C23H21NO3/c1-16-8-12-20(13-9-16)24-23(26)17(2)27-21-14-10-19(11-15-21)22(25)18-6-4-3-5-7-18/h3-15,17H,1-2H3,(H,24,26)/t17-/m0/s1. The first kappa shape index (κ1) is 18.4. The molecule has 136 valence electrons. The maximum atomic E-state index is 12.4. The van der Waals surface area contributed by atoms with Crippen LogP contribution in [0.5, 0.6) is 5.75 Å². The lowest BCUT2D eigenvalue weighted by Crippen LogP contribution is -2.30. The molecule has 4 heteroatoms. The molecule has 0 aliphatic rings. The maximum Gasteiger partial charge on any atom is 0.265 e. The number of ether oxygens (including phenoxy) is 1. The molecule has 0 aromatic heterocycles. The average molecular weight is 359 g/mol. The third-order valence-electron chi connectivity index (χ3n) is 4.15. The van der Waals surface area contributed by atoms with Crippen molar-refractivity contribution in [3.63, 3.8) is 0 Å². The summed E-state index contributed by atoms with van der Waals surface area (Å²) >= 11 is 0. The number of rotatable bonds is 6. The zero-order valence-corrected chi connectivity index (χ0v) is 15.3. The van der Waals surface area contributed by atoms with Gasteiger partial charge in [-0.25, -0.2) is 0 Å². The van der Waals surface area contributed by atoms with Crippen molar-refractivity contribution in [2.24, 2.45) is 0 Å². The zero-order valence-electron chi connectivity index (χ0n) is 15.3. The Morgan fingerprint density at radius 2 is 1.41 bits per heavy atom. The highest BCUT2D eigenvalue weighted by atomic mass is 16.5. The van der Waals surface area contributed by atoms with Gasteiger partial charge in [-0.2, -0.15) is 0 Å². The number of anilines is 1. The summed E-state index contributed by atoms with van der Waals surface area (Å²) in [6, 6.07) is 23.5. The fourth-order valence-electron chi connectivity index (χ4n) is 2.58. The van der Waals surface area contributed by atoms with E-state index in [2.05, 4.69) is 5.32 Å². The molecule has 1 amide bonds. The first-order valence-corrected chi connectivity index (χ1v) is 8.77. The van der Waals surface area contributed by atoms with Crippen molar-refractivity contribution >= 4 is 17.4 Å². The van der Waals surface area contributed by atoms with Gasteiger partial charge >= 0.3 is 0 Å². The van der Waals surface area contributed by atoms with E-state index in [9.17, 15) is 9.59 Å². The van der Waals surface area contributed by atoms with Gasteiger partial charge in [0.05, 0.1) is 0 Å². The lowest BCUT2D eigenvalue weighted by atomic mass is 10.0. The number of benzene rings is 3. The molecule has 0 radical (unpaired) electrons. The van der Waals surface area contributed by atoms with Crippen LogP contribution >= 0.6 is 0 Å². The van der Waals surface area contributed by atoms with Crippen molar-refractivity contribution in [3.05, 3.63) is 95.6 Å². The van der Waals surface area contributed by atoms with Crippen molar-refractivity contribution in [3.8, 4) is 5.75 Å². The number of ketones is 1. The summed E-state index contributed by atoms with van der Waals surface area (Å²) in [5.74, 6) is 0.252. The summed E-state index contributed by atoms with van der Waals surface area (Å²) < 4.78 is 5.69. The molecule has 4 nitrogen and oxygen atoms in total. The minimum Gasteiger partial charge on any atom is -0.481 e. The summed E-state index contributed by atoms with van der Waals surface area (Å²) in [5, 5.41) is 2.82. The van der Waals surface area contributed by atoms with E-state index in [1.807, 2.05) is 49.4 Å². The molecule has 1 atom stereocenters. The van der Waals surface area contributed by atoms with Crippen LogP contribution in [0.4, 0.5) is 5.69 Å². The number of carbonyl (C=O) groups is 2. The van der Waals surface area contributed by atoms with Crippen molar-refractivity contribution in [1.29, 1.82) is 0 Å². The molecule has 0 unspecified atom stereocenters. The Morgan fingerprint density at radius 3 is 2.04 bits per heavy atom. The highest BCUT2D eigenvalue weighted by molar-refractivity contribution is 6.09. The first-order valence-electron chi connectivity index (χ1n) is 8.77. The number of hydrogen-bond donors (Lipinski definition) is 1. The zero-order chi connectivity index (χ0) is 19.2. The summed E-state index contributed by atoms with van der Waals surface area (Å²) in [7, 11) is 0. The quantitative estimate of drug-likeness (QED) is 0.653. The number of aryl methyl sites for hydroxylation is 1. The van der Waals surface area contributed by atoms with Crippen LogP contribution in [0, 0.1) is 6.92 Å². The molecule has 27 heavy (non-hydrogen) atoms. The largest absolute Gasteiger partial charge is 0.481 e. The van der Waals surface area contributed by atoms with E-state index in [0.717, 1.165) is 11.3 Å². The van der Waals surface area contributed by atoms with Gasteiger partial charge in [-0.05, 0) is 50.2 Å². The van der Waals surface area contributed by atoms with Crippen LogP contribution in [-0.4, -0.2) is 17.8 Å². The van der Waals surface area contributed by atoms with Gasteiger partial charge in [0, 0.05) is 16.8 Å². The second kappa shape index (κ2) is 8.32. The summed E-state index contributed by atoms with van der Waals surface area (Å²) in [6.45, 7) is 3.68. The van der Waals surface area contributed by atoms with Gasteiger partial charge in [-0.15, -0.1) is 0 Å². The van der Waals surface area contributed by atoms with Crippen LogP contribution < -0.4 is 10.1 Å². The number of amides is 1. The second-order valence-electron chi connectivity index (χ2n) is 6.33. The second-order valence-corrected chi connectivity index (χ2v) is 6.33. The molecule has 0 bridgehead atoms. The van der Waals surface area contributed by atoms with E-state index >= 15 is 0 Å². The van der Waals surface area contributed by atoms with E-state index < -0.39 is 6.10 Å². The van der Waals surface area contributed by atoms with Crippen molar-refractivity contribution < 1.29 is 14.3 Å². The van der Waals surface area contributed by atoms with E-state index in [4.69, 9.17) is 4.74 Å². The smallest absolute Gasteiger partial charge is 0.265 e. The Bertz CT molecular complexity index is 916. The van der Waals surface area contributed by atoms with E-state index in [-0.39, 0.29) is 11.7 Å². The topological polar surface area (TPSA) is 55.4 Å². The molecule has 0 fully saturated rings. The van der Waals surface area contributed by atoms with Crippen molar-refractivity contribution in [2.75, 3.05) is 5.32 Å². The van der Waals surface area contributed by atoms with Gasteiger partial charge < -0.3 is 10.1 Å². The van der Waals surface area contributed by atoms with E-state index in [1.54, 1.807) is 43.3 Å². The minimum absolute atomic E-state index is 0.0488. The predicted molar refractivity (Wildman–Crippen MR) is 106 cm³/mol. The Hall–Kier alpha value is -3.40. The molecule has 3 rings (SSSR count). The van der Waals surface area contributed by atoms with Crippen LogP contribution in [0.2, 0.25) is 0 Å². The predicted octanol–water partition coefficient (Wildman–Crippen LogP) is 4.63. The average Bonchev–Trinajstić information content (AvgIpc) is 2.70. The third kappa shape index (κ3) is 4.82. The molecule has 0 heterocycles. The monoisotopic (exact) mass is 359 g/mol. The molecule has 0 spiro atoms. The Morgan fingerprint density at radius 1 is 0.815 bits per heavy atom. The van der Waals surface area contributed by atoms with Gasteiger partial charge in [0.1, 0.15) is 5.75 Å². The maximum absolute atomic E-state index is 12.4. The summed E-state index contributed by atoms with van der Waals surface area (Å²) in [5.41, 5.74) is 3.06. The normalized spacial score (nSPS) is 11.5. The third-order valence-corrected chi connectivity index (χ3v) is 4.15. The molecule has 0 aliphatic carbocycles. The Kier molecular flexibility index (Phi) is 5.67. The fourth-order valence-corrected chi connectivity index (χ4v) is 2.58. The molecular weight excluding hydrogens is 338 g/mol. The van der Waals surface area contributed by atoms with Crippen molar-refractivity contribution in [1.82, 2.24) is 0 Å². The van der Waals surface area contributed by atoms with Crippen LogP contribution in [0.15, 0.2) is 78.9 Å². The lowest BCUT2D eigenvalue weighted by Gasteiger charge is -2.15. The van der Waals surface area contributed by atoms with Gasteiger partial charge in [0.25, 0.3) is 5.91 Å². The molecule has 0 saturated carbocycles. The summed E-state index contributed by atoms with van der Waals surface area (Å²) in [4.78, 5) is 24.7. The highest BCUT2D eigenvalue weighted by Gasteiger charge is 2.15. The Balaban J connectivity index is 1.61. The highest BCUT2D eigenvalue weighted by Crippen LogP contribution is 2.17. The summed E-state index contributed by atoms with van der Waals surface area (Å²) in [6.07, 6.45) is -0.665. The Labute approximate surface area is 158 Å². The van der Waals surface area contributed by atoms with Gasteiger partial charge in [-0.3, -0.25) is 9.59 Å². The SMILES string of the molecule is Cc1ccc(NC(=O)[C@H](C)Oc2ccc(C(=O)c3ccccc3)cc2)cc1. The van der Waals surface area contributed by atoms with Crippen LogP contribution in [0.1, 0.15) is 28.4 Å².